The third kappa shape index (κ3) is 4.01. The largest absolute Gasteiger partial charge is 0.457 e. The van der Waals surface area contributed by atoms with Crippen LogP contribution in [0, 0.1) is 3.57 Å². The Morgan fingerprint density at radius 1 is 1.06 bits per heavy atom. The highest BCUT2D eigenvalue weighted by Gasteiger charge is 1.98. The third-order valence-corrected chi connectivity index (χ3v) is 2.63. The van der Waals surface area contributed by atoms with Crippen LogP contribution in [0.1, 0.15) is 0 Å². The summed E-state index contributed by atoms with van der Waals surface area (Å²) in [4.78, 5) is 7.96. The first kappa shape index (κ1) is 12.4. The van der Waals surface area contributed by atoms with Crippen molar-refractivity contribution in [2.75, 3.05) is 6.79 Å². The van der Waals surface area contributed by atoms with Gasteiger partial charge in [0.15, 0.2) is 0 Å². The van der Waals surface area contributed by atoms with Crippen LogP contribution in [0.15, 0.2) is 36.7 Å². The molecule has 0 fully saturated rings. The lowest BCUT2D eigenvalue weighted by Crippen LogP contribution is -2.07. The lowest BCUT2D eigenvalue weighted by Gasteiger charge is -2.06. The van der Waals surface area contributed by atoms with Crippen LogP contribution in [0.3, 0.4) is 0 Å². The Hall–Kier alpha value is -1.08. The molecule has 1 aromatic heterocycles. The lowest BCUT2D eigenvalue weighted by atomic mass is 10.3. The van der Waals surface area contributed by atoms with E-state index in [9.17, 15) is 0 Å². The van der Waals surface area contributed by atoms with Gasteiger partial charge in [-0.1, -0.05) is 11.6 Å². The fourth-order valence-corrected chi connectivity index (χ4v) is 1.46. The van der Waals surface area contributed by atoms with Gasteiger partial charge in [0.1, 0.15) is 5.75 Å². The van der Waals surface area contributed by atoms with E-state index in [0.717, 1.165) is 3.57 Å². The molecule has 4 nitrogen and oxygen atoms in total. The number of rotatable bonds is 4. The van der Waals surface area contributed by atoms with Crippen LogP contribution in [-0.2, 0) is 0 Å². The summed E-state index contributed by atoms with van der Waals surface area (Å²) in [5, 5.41) is 0.666. The smallest absolute Gasteiger partial charge is 0.319 e. The molecule has 0 amide bonds. The molecule has 6 heteroatoms. The minimum absolute atomic E-state index is 0.0578. The second-order valence-electron chi connectivity index (χ2n) is 3.04. The molecule has 0 radical (unpaired) electrons. The highest BCUT2D eigenvalue weighted by molar-refractivity contribution is 14.1. The molecule has 0 aliphatic rings. The van der Waals surface area contributed by atoms with Crippen LogP contribution in [0.4, 0.5) is 0 Å². The van der Waals surface area contributed by atoms with Crippen molar-refractivity contribution in [3.63, 3.8) is 0 Å². The van der Waals surface area contributed by atoms with Crippen LogP contribution in [0.25, 0.3) is 0 Å². The Morgan fingerprint density at radius 2 is 1.71 bits per heavy atom. The molecular formula is C11H8ClIN2O2. The standard InChI is InChI=1S/C11H8ClIN2O2/c12-8-1-3-10(4-2-8)16-7-17-11-14-5-9(13)6-15-11/h1-6H,7H2. The van der Waals surface area contributed by atoms with Gasteiger partial charge in [-0.15, -0.1) is 0 Å². The first-order valence-electron chi connectivity index (χ1n) is 4.73. The van der Waals surface area contributed by atoms with Crippen molar-refractivity contribution in [3.05, 3.63) is 45.3 Å². The van der Waals surface area contributed by atoms with Crippen LogP contribution in [-0.4, -0.2) is 16.8 Å². The molecule has 0 aliphatic heterocycles. The molecule has 0 bridgehead atoms. The van der Waals surface area contributed by atoms with Gasteiger partial charge < -0.3 is 9.47 Å². The number of benzene rings is 1. The Labute approximate surface area is 117 Å². The van der Waals surface area contributed by atoms with E-state index in [2.05, 4.69) is 32.6 Å². The summed E-state index contributed by atoms with van der Waals surface area (Å²) in [7, 11) is 0. The van der Waals surface area contributed by atoms with Gasteiger partial charge in [-0.25, -0.2) is 9.97 Å². The summed E-state index contributed by atoms with van der Waals surface area (Å²) in [6.07, 6.45) is 3.34. The van der Waals surface area contributed by atoms with E-state index in [1.165, 1.54) is 0 Å². The summed E-state index contributed by atoms with van der Waals surface area (Å²) in [6.45, 7) is 0.0578. The molecular weight excluding hydrogens is 354 g/mol. The topological polar surface area (TPSA) is 44.2 Å². The maximum atomic E-state index is 5.75. The van der Waals surface area contributed by atoms with E-state index in [1.54, 1.807) is 36.7 Å². The van der Waals surface area contributed by atoms with Crippen molar-refractivity contribution >= 4 is 34.2 Å². The number of halogens is 2. The average molecular weight is 363 g/mol. The van der Waals surface area contributed by atoms with Crippen LogP contribution in [0.5, 0.6) is 11.8 Å². The molecule has 0 unspecified atom stereocenters. The van der Waals surface area contributed by atoms with Crippen molar-refractivity contribution in [1.29, 1.82) is 0 Å². The molecule has 2 aromatic rings. The SMILES string of the molecule is Clc1ccc(OCOc2ncc(I)cn2)cc1. The van der Waals surface area contributed by atoms with Crippen molar-refractivity contribution in [2.45, 2.75) is 0 Å². The predicted octanol–water partition coefficient (Wildman–Crippen LogP) is 3.15. The van der Waals surface area contributed by atoms with Crippen LogP contribution >= 0.6 is 34.2 Å². The van der Waals surface area contributed by atoms with E-state index in [1.807, 2.05) is 0 Å². The Balaban J connectivity index is 1.83. The molecule has 1 heterocycles. The molecule has 0 N–H and O–H groups in total. The maximum Gasteiger partial charge on any atom is 0.319 e. The number of ether oxygens (including phenoxy) is 2. The summed E-state index contributed by atoms with van der Waals surface area (Å²) >= 11 is 7.87. The third-order valence-electron chi connectivity index (χ3n) is 1.82. The predicted molar refractivity (Wildman–Crippen MR) is 72.3 cm³/mol. The highest BCUT2D eigenvalue weighted by Crippen LogP contribution is 2.15. The van der Waals surface area contributed by atoms with Gasteiger partial charge >= 0.3 is 6.01 Å². The van der Waals surface area contributed by atoms with Crippen molar-refractivity contribution in [1.82, 2.24) is 9.97 Å². The zero-order valence-corrected chi connectivity index (χ0v) is 11.6. The van der Waals surface area contributed by atoms with Gasteiger partial charge in [-0.2, -0.15) is 0 Å². The van der Waals surface area contributed by atoms with Gasteiger partial charge in [-0.3, -0.25) is 0 Å². The molecule has 1 aromatic carbocycles. The minimum atomic E-state index is 0.0578. The van der Waals surface area contributed by atoms with E-state index in [4.69, 9.17) is 21.1 Å². The Bertz CT molecular complexity index is 430. The molecule has 2 rings (SSSR count). The molecule has 0 atom stereocenters. The Kier molecular flexibility index (Phi) is 4.38. The first-order chi connectivity index (χ1) is 8.24. The van der Waals surface area contributed by atoms with Gasteiger partial charge in [0.2, 0.25) is 6.79 Å². The van der Waals surface area contributed by atoms with Crippen molar-refractivity contribution < 1.29 is 9.47 Å². The molecule has 0 saturated carbocycles. The number of hydrogen-bond acceptors (Lipinski definition) is 4. The molecule has 17 heavy (non-hydrogen) atoms. The second kappa shape index (κ2) is 6.02. The normalized spacial score (nSPS) is 10.0. The van der Waals surface area contributed by atoms with E-state index in [0.29, 0.717) is 16.8 Å². The quantitative estimate of drug-likeness (QED) is 0.619. The van der Waals surface area contributed by atoms with Crippen LogP contribution < -0.4 is 9.47 Å². The van der Waals surface area contributed by atoms with Crippen molar-refractivity contribution in [2.24, 2.45) is 0 Å². The summed E-state index contributed by atoms with van der Waals surface area (Å²) in [5.74, 6) is 0.680. The van der Waals surface area contributed by atoms with E-state index < -0.39 is 0 Å². The molecule has 0 saturated heterocycles. The number of hydrogen-bond donors (Lipinski definition) is 0. The average Bonchev–Trinajstić information content (AvgIpc) is 2.34. The van der Waals surface area contributed by atoms with E-state index in [-0.39, 0.29) is 6.79 Å². The maximum absolute atomic E-state index is 5.75. The highest BCUT2D eigenvalue weighted by atomic mass is 127. The Morgan fingerprint density at radius 3 is 2.35 bits per heavy atom. The minimum Gasteiger partial charge on any atom is -0.457 e. The first-order valence-corrected chi connectivity index (χ1v) is 6.18. The zero-order valence-electron chi connectivity index (χ0n) is 8.64. The zero-order chi connectivity index (χ0) is 12.1. The molecule has 0 aliphatic carbocycles. The van der Waals surface area contributed by atoms with Gasteiger partial charge in [0.25, 0.3) is 0 Å². The summed E-state index contributed by atoms with van der Waals surface area (Å²) in [6, 6.07) is 7.32. The van der Waals surface area contributed by atoms with Gasteiger partial charge in [0.05, 0.1) is 0 Å². The lowest BCUT2D eigenvalue weighted by molar-refractivity contribution is 0.110. The van der Waals surface area contributed by atoms with Crippen LogP contribution in [0.2, 0.25) is 5.02 Å². The fraction of sp³-hybridized carbons (Fsp3) is 0.0909. The van der Waals surface area contributed by atoms with Gasteiger partial charge in [-0.05, 0) is 46.9 Å². The fourth-order valence-electron chi connectivity index (χ4n) is 1.06. The van der Waals surface area contributed by atoms with Gasteiger partial charge in [0, 0.05) is 21.0 Å². The monoisotopic (exact) mass is 362 g/mol. The summed E-state index contributed by atoms with van der Waals surface area (Å²) < 4.78 is 11.5. The molecule has 0 spiro atoms. The molecule has 88 valence electrons. The van der Waals surface area contributed by atoms with E-state index >= 15 is 0 Å². The summed E-state index contributed by atoms with van der Waals surface area (Å²) in [5.41, 5.74) is 0. The van der Waals surface area contributed by atoms with Crippen molar-refractivity contribution in [3.8, 4) is 11.8 Å². The second-order valence-corrected chi connectivity index (χ2v) is 4.73. The number of nitrogens with zero attached hydrogens (tertiary/aromatic N) is 2. The number of aromatic nitrogens is 2.